The van der Waals surface area contributed by atoms with Crippen molar-refractivity contribution in [3.05, 3.63) is 22.4 Å². The van der Waals surface area contributed by atoms with Crippen LogP contribution in [0.3, 0.4) is 0 Å². The summed E-state index contributed by atoms with van der Waals surface area (Å²) in [6.45, 7) is 3.22. The van der Waals surface area contributed by atoms with Gasteiger partial charge in [-0.1, -0.05) is 6.07 Å². The molecular weight excluding hydrogens is 222 g/mol. The first kappa shape index (κ1) is 11.6. The van der Waals surface area contributed by atoms with Crippen molar-refractivity contribution < 1.29 is 9.90 Å². The summed E-state index contributed by atoms with van der Waals surface area (Å²) >= 11 is 1.61. The lowest BCUT2D eigenvalue weighted by atomic mass is 10.0. The van der Waals surface area contributed by atoms with Crippen molar-refractivity contribution in [3.63, 3.8) is 0 Å². The van der Waals surface area contributed by atoms with E-state index in [1.54, 1.807) is 16.2 Å². The standard InChI is InChI=1S/C12H17NO2S/c1-9(11-5-3-7-16-11)12(15)13-6-2-4-10(14)8-13/h3,5,7,9-10,14H,2,4,6,8H2,1H3. The average molecular weight is 239 g/mol. The second kappa shape index (κ2) is 4.97. The molecule has 0 saturated carbocycles. The summed E-state index contributed by atoms with van der Waals surface area (Å²) in [6, 6.07) is 3.96. The molecule has 1 aromatic rings. The Labute approximate surface area is 99.7 Å². The molecule has 0 aliphatic carbocycles. The smallest absolute Gasteiger partial charge is 0.230 e. The molecular formula is C12H17NO2S. The molecule has 1 fully saturated rings. The summed E-state index contributed by atoms with van der Waals surface area (Å²) in [4.78, 5) is 15.1. The Kier molecular flexibility index (Phi) is 3.61. The van der Waals surface area contributed by atoms with Gasteiger partial charge < -0.3 is 10.0 Å². The number of nitrogens with zero attached hydrogens (tertiary/aromatic N) is 1. The van der Waals surface area contributed by atoms with E-state index >= 15 is 0 Å². The minimum absolute atomic E-state index is 0.0784. The molecule has 1 aliphatic rings. The maximum Gasteiger partial charge on any atom is 0.230 e. The molecule has 1 aromatic heterocycles. The summed E-state index contributed by atoms with van der Waals surface area (Å²) in [5.41, 5.74) is 0. The van der Waals surface area contributed by atoms with Crippen molar-refractivity contribution in [1.29, 1.82) is 0 Å². The number of hydrogen-bond donors (Lipinski definition) is 1. The molecule has 1 N–H and O–H groups in total. The van der Waals surface area contributed by atoms with E-state index in [0.29, 0.717) is 6.54 Å². The van der Waals surface area contributed by atoms with Crippen molar-refractivity contribution >= 4 is 17.2 Å². The molecule has 2 rings (SSSR count). The monoisotopic (exact) mass is 239 g/mol. The summed E-state index contributed by atoms with van der Waals surface area (Å²) in [5, 5.41) is 11.5. The van der Waals surface area contributed by atoms with Crippen LogP contribution < -0.4 is 0 Å². The molecule has 2 unspecified atom stereocenters. The lowest BCUT2D eigenvalue weighted by Gasteiger charge is -2.31. The Morgan fingerprint density at radius 2 is 2.50 bits per heavy atom. The lowest BCUT2D eigenvalue weighted by molar-refractivity contribution is -0.135. The number of carbonyl (C=O) groups excluding carboxylic acids is 1. The van der Waals surface area contributed by atoms with E-state index in [1.807, 2.05) is 24.4 Å². The second-order valence-corrected chi connectivity index (χ2v) is 5.30. The van der Waals surface area contributed by atoms with Crippen molar-refractivity contribution in [2.24, 2.45) is 0 Å². The molecule has 1 saturated heterocycles. The maximum absolute atomic E-state index is 12.2. The van der Waals surface area contributed by atoms with Crippen molar-refractivity contribution in [3.8, 4) is 0 Å². The Morgan fingerprint density at radius 1 is 1.69 bits per heavy atom. The maximum atomic E-state index is 12.2. The van der Waals surface area contributed by atoms with Gasteiger partial charge in [0.1, 0.15) is 0 Å². The fourth-order valence-corrected chi connectivity index (χ4v) is 2.86. The number of thiophene rings is 1. The number of hydrogen-bond acceptors (Lipinski definition) is 3. The van der Waals surface area contributed by atoms with Gasteiger partial charge in [0.15, 0.2) is 0 Å². The van der Waals surface area contributed by atoms with Crippen molar-refractivity contribution in [2.45, 2.75) is 31.8 Å². The van der Waals surface area contributed by atoms with Gasteiger partial charge in [-0.2, -0.15) is 0 Å². The summed E-state index contributed by atoms with van der Waals surface area (Å²) in [5.74, 6) is 0.0616. The van der Waals surface area contributed by atoms with E-state index in [4.69, 9.17) is 0 Å². The van der Waals surface area contributed by atoms with Gasteiger partial charge in [0.2, 0.25) is 5.91 Å². The molecule has 4 heteroatoms. The van der Waals surface area contributed by atoms with E-state index < -0.39 is 0 Å². The zero-order valence-electron chi connectivity index (χ0n) is 9.43. The first-order valence-electron chi connectivity index (χ1n) is 5.68. The number of aliphatic hydroxyl groups excluding tert-OH is 1. The highest BCUT2D eigenvalue weighted by Gasteiger charge is 2.26. The van der Waals surface area contributed by atoms with Crippen LogP contribution in [0.5, 0.6) is 0 Å². The number of aliphatic hydroxyl groups is 1. The van der Waals surface area contributed by atoms with Gasteiger partial charge in [0, 0.05) is 18.0 Å². The molecule has 2 heterocycles. The largest absolute Gasteiger partial charge is 0.391 e. The zero-order valence-corrected chi connectivity index (χ0v) is 10.2. The van der Waals surface area contributed by atoms with Crippen LogP contribution in [0.25, 0.3) is 0 Å². The first-order chi connectivity index (χ1) is 7.68. The average Bonchev–Trinajstić information content (AvgIpc) is 2.80. The number of rotatable bonds is 2. The molecule has 0 spiro atoms. The number of piperidine rings is 1. The van der Waals surface area contributed by atoms with Gasteiger partial charge >= 0.3 is 0 Å². The fourth-order valence-electron chi connectivity index (χ4n) is 2.09. The summed E-state index contributed by atoms with van der Waals surface area (Å²) < 4.78 is 0. The highest BCUT2D eigenvalue weighted by Crippen LogP contribution is 2.24. The minimum atomic E-state index is -0.340. The normalized spacial score (nSPS) is 23.1. The predicted molar refractivity (Wildman–Crippen MR) is 64.6 cm³/mol. The van der Waals surface area contributed by atoms with Crippen LogP contribution in [-0.2, 0) is 4.79 Å². The van der Waals surface area contributed by atoms with Crippen LogP contribution in [0, 0.1) is 0 Å². The highest BCUT2D eigenvalue weighted by atomic mass is 32.1. The Balaban J connectivity index is 2.01. The first-order valence-corrected chi connectivity index (χ1v) is 6.56. The molecule has 0 radical (unpaired) electrons. The molecule has 16 heavy (non-hydrogen) atoms. The molecule has 0 bridgehead atoms. The van der Waals surface area contributed by atoms with Gasteiger partial charge in [-0.25, -0.2) is 0 Å². The van der Waals surface area contributed by atoms with Crippen LogP contribution in [0.2, 0.25) is 0 Å². The van der Waals surface area contributed by atoms with Crippen molar-refractivity contribution in [2.75, 3.05) is 13.1 Å². The van der Waals surface area contributed by atoms with Crippen LogP contribution in [0.1, 0.15) is 30.6 Å². The van der Waals surface area contributed by atoms with Gasteiger partial charge in [0.25, 0.3) is 0 Å². The SMILES string of the molecule is CC(C(=O)N1CCCC(O)C1)c1cccs1. The van der Waals surface area contributed by atoms with Gasteiger partial charge in [-0.3, -0.25) is 4.79 Å². The number of carbonyl (C=O) groups is 1. The highest BCUT2D eigenvalue weighted by molar-refractivity contribution is 7.10. The summed E-state index contributed by atoms with van der Waals surface area (Å²) in [7, 11) is 0. The molecule has 2 atom stereocenters. The van der Waals surface area contributed by atoms with Crippen LogP contribution in [-0.4, -0.2) is 35.1 Å². The predicted octanol–water partition coefficient (Wildman–Crippen LogP) is 1.83. The number of β-amino-alcohol motifs (C(OH)–C–C–N with tert-alkyl or cyclic N) is 1. The van der Waals surface area contributed by atoms with Gasteiger partial charge in [-0.05, 0) is 31.2 Å². The van der Waals surface area contributed by atoms with E-state index in [9.17, 15) is 9.90 Å². The van der Waals surface area contributed by atoms with Gasteiger partial charge in [0.05, 0.1) is 12.0 Å². The topological polar surface area (TPSA) is 40.5 Å². The third-order valence-electron chi connectivity index (χ3n) is 3.05. The van der Waals surface area contributed by atoms with Crippen molar-refractivity contribution in [1.82, 2.24) is 4.90 Å². The van der Waals surface area contributed by atoms with Gasteiger partial charge in [-0.15, -0.1) is 11.3 Å². The Bertz CT molecular complexity index is 350. The molecule has 1 aliphatic heterocycles. The molecule has 88 valence electrons. The van der Waals surface area contributed by atoms with E-state index in [2.05, 4.69) is 0 Å². The lowest BCUT2D eigenvalue weighted by Crippen LogP contribution is -2.43. The second-order valence-electron chi connectivity index (χ2n) is 4.32. The zero-order chi connectivity index (χ0) is 11.5. The number of likely N-dealkylation sites (tertiary alicyclic amines) is 1. The van der Waals surface area contributed by atoms with E-state index in [0.717, 1.165) is 24.3 Å². The van der Waals surface area contributed by atoms with E-state index in [-0.39, 0.29) is 17.9 Å². The quantitative estimate of drug-likeness (QED) is 0.855. The Morgan fingerprint density at radius 3 is 3.12 bits per heavy atom. The third kappa shape index (κ3) is 2.44. The summed E-state index contributed by atoms with van der Waals surface area (Å²) in [6.07, 6.45) is 1.38. The van der Waals surface area contributed by atoms with Crippen LogP contribution >= 0.6 is 11.3 Å². The van der Waals surface area contributed by atoms with Crippen LogP contribution in [0.4, 0.5) is 0 Å². The molecule has 3 nitrogen and oxygen atoms in total. The fraction of sp³-hybridized carbons (Fsp3) is 0.583. The van der Waals surface area contributed by atoms with E-state index in [1.165, 1.54) is 0 Å². The van der Waals surface area contributed by atoms with Crippen LogP contribution in [0.15, 0.2) is 17.5 Å². The number of amides is 1. The minimum Gasteiger partial charge on any atom is -0.391 e. The third-order valence-corrected chi connectivity index (χ3v) is 4.10. The Hall–Kier alpha value is -0.870. The molecule has 1 amide bonds. The molecule has 0 aromatic carbocycles.